The number of aromatic nitrogens is 1. The molecule has 0 fully saturated rings. The zero-order chi connectivity index (χ0) is 16.9. The number of aryl methyl sites for hydroxylation is 1. The van der Waals surface area contributed by atoms with Crippen molar-refractivity contribution in [3.8, 4) is 11.3 Å². The largest absolute Gasteiger partial charge is 0.360 e. The molecule has 0 spiro atoms. The van der Waals surface area contributed by atoms with Crippen LogP contribution in [0.15, 0.2) is 59.1 Å². The molecule has 122 valence electrons. The van der Waals surface area contributed by atoms with E-state index in [9.17, 15) is 4.79 Å². The van der Waals surface area contributed by atoms with Crippen molar-refractivity contribution in [2.75, 3.05) is 6.54 Å². The number of benzene rings is 2. The summed E-state index contributed by atoms with van der Waals surface area (Å²) < 4.78 is 5.22. The Balaban J connectivity index is 1.73. The number of halogens is 1. The van der Waals surface area contributed by atoms with Gasteiger partial charge in [-0.1, -0.05) is 59.2 Å². The van der Waals surface area contributed by atoms with Crippen molar-refractivity contribution in [3.05, 3.63) is 76.5 Å². The van der Waals surface area contributed by atoms with Crippen molar-refractivity contribution in [1.29, 1.82) is 0 Å². The Morgan fingerprint density at radius 1 is 1.12 bits per heavy atom. The molecule has 0 aliphatic carbocycles. The van der Waals surface area contributed by atoms with Gasteiger partial charge in [-0.05, 0) is 31.0 Å². The molecule has 5 heteroatoms. The zero-order valence-corrected chi connectivity index (χ0v) is 14.0. The van der Waals surface area contributed by atoms with Gasteiger partial charge in [0.1, 0.15) is 17.0 Å². The van der Waals surface area contributed by atoms with Gasteiger partial charge in [0.15, 0.2) is 0 Å². The van der Waals surface area contributed by atoms with Crippen LogP contribution in [0.2, 0.25) is 5.02 Å². The number of nitrogens with one attached hydrogen (secondary N) is 1. The summed E-state index contributed by atoms with van der Waals surface area (Å²) >= 11 is 5.91. The lowest BCUT2D eigenvalue weighted by Gasteiger charge is -2.06. The SMILES string of the molecule is Cc1onc(-c2ccc(Cl)cc2)c1C(=O)NCCc1ccccc1. The molecule has 0 aliphatic heterocycles. The first kappa shape index (κ1) is 16.3. The third-order valence-electron chi connectivity index (χ3n) is 3.75. The highest BCUT2D eigenvalue weighted by atomic mass is 35.5. The van der Waals surface area contributed by atoms with E-state index in [-0.39, 0.29) is 5.91 Å². The normalized spacial score (nSPS) is 10.6. The van der Waals surface area contributed by atoms with Crippen LogP contribution in [0, 0.1) is 6.92 Å². The van der Waals surface area contributed by atoms with Gasteiger partial charge >= 0.3 is 0 Å². The summed E-state index contributed by atoms with van der Waals surface area (Å²) in [5, 5.41) is 7.59. The maximum atomic E-state index is 12.5. The van der Waals surface area contributed by atoms with Gasteiger partial charge < -0.3 is 9.84 Å². The van der Waals surface area contributed by atoms with Crippen molar-refractivity contribution < 1.29 is 9.32 Å². The van der Waals surface area contributed by atoms with E-state index in [1.165, 1.54) is 5.56 Å². The van der Waals surface area contributed by atoms with Gasteiger partial charge in [0, 0.05) is 17.1 Å². The molecule has 3 rings (SSSR count). The molecule has 1 heterocycles. The molecule has 24 heavy (non-hydrogen) atoms. The summed E-state index contributed by atoms with van der Waals surface area (Å²) in [7, 11) is 0. The Morgan fingerprint density at radius 2 is 1.83 bits per heavy atom. The van der Waals surface area contributed by atoms with Crippen LogP contribution in [0.4, 0.5) is 0 Å². The van der Waals surface area contributed by atoms with Crippen LogP contribution in [-0.4, -0.2) is 17.6 Å². The molecule has 1 aromatic heterocycles. The molecule has 0 saturated heterocycles. The van der Waals surface area contributed by atoms with E-state index in [1.807, 2.05) is 42.5 Å². The minimum absolute atomic E-state index is 0.186. The average molecular weight is 341 g/mol. The Bertz CT molecular complexity index is 826. The quantitative estimate of drug-likeness (QED) is 0.754. The second-order valence-electron chi connectivity index (χ2n) is 5.46. The molecule has 0 aliphatic rings. The van der Waals surface area contributed by atoms with Crippen molar-refractivity contribution >= 4 is 17.5 Å². The lowest BCUT2D eigenvalue weighted by Crippen LogP contribution is -2.26. The lowest BCUT2D eigenvalue weighted by atomic mass is 10.1. The fraction of sp³-hybridized carbons (Fsp3) is 0.158. The monoisotopic (exact) mass is 340 g/mol. The van der Waals surface area contributed by atoms with E-state index in [0.29, 0.717) is 28.6 Å². The maximum absolute atomic E-state index is 12.5. The van der Waals surface area contributed by atoms with Crippen molar-refractivity contribution in [2.45, 2.75) is 13.3 Å². The topological polar surface area (TPSA) is 55.1 Å². The summed E-state index contributed by atoms with van der Waals surface area (Å²) in [6.45, 7) is 2.28. The number of hydrogen-bond acceptors (Lipinski definition) is 3. The molecule has 3 aromatic rings. The predicted octanol–water partition coefficient (Wildman–Crippen LogP) is 4.28. The summed E-state index contributed by atoms with van der Waals surface area (Å²) in [6, 6.07) is 17.2. The van der Waals surface area contributed by atoms with E-state index in [1.54, 1.807) is 19.1 Å². The summed E-state index contributed by atoms with van der Waals surface area (Å²) in [4.78, 5) is 12.5. The van der Waals surface area contributed by atoms with Crippen molar-refractivity contribution in [2.24, 2.45) is 0 Å². The van der Waals surface area contributed by atoms with Gasteiger partial charge in [-0.25, -0.2) is 0 Å². The van der Waals surface area contributed by atoms with E-state index in [4.69, 9.17) is 16.1 Å². The highest BCUT2D eigenvalue weighted by Gasteiger charge is 2.21. The van der Waals surface area contributed by atoms with Gasteiger partial charge in [0.25, 0.3) is 5.91 Å². The lowest BCUT2D eigenvalue weighted by molar-refractivity contribution is 0.0953. The van der Waals surface area contributed by atoms with Gasteiger partial charge in [0.2, 0.25) is 0 Å². The molecule has 0 saturated carbocycles. The fourth-order valence-electron chi connectivity index (χ4n) is 2.50. The minimum atomic E-state index is -0.186. The number of carbonyl (C=O) groups is 1. The second kappa shape index (κ2) is 7.32. The highest BCUT2D eigenvalue weighted by Crippen LogP contribution is 2.26. The van der Waals surface area contributed by atoms with Gasteiger partial charge in [0.05, 0.1) is 0 Å². The Hall–Kier alpha value is -2.59. The van der Waals surface area contributed by atoms with Gasteiger partial charge in [-0.2, -0.15) is 0 Å². The standard InChI is InChI=1S/C19H17ClN2O2/c1-13-17(18(22-24-13)15-7-9-16(20)10-8-15)19(23)21-12-11-14-5-3-2-4-6-14/h2-10H,11-12H2,1H3,(H,21,23). The molecule has 1 amide bonds. The smallest absolute Gasteiger partial charge is 0.257 e. The molecular formula is C19H17ClN2O2. The molecule has 0 radical (unpaired) electrons. The number of amides is 1. The van der Waals surface area contributed by atoms with Crippen LogP contribution in [0.3, 0.4) is 0 Å². The van der Waals surface area contributed by atoms with Crippen LogP contribution in [-0.2, 0) is 6.42 Å². The first-order valence-electron chi connectivity index (χ1n) is 7.69. The molecule has 0 unspecified atom stereocenters. The predicted molar refractivity (Wildman–Crippen MR) is 94.2 cm³/mol. The van der Waals surface area contributed by atoms with E-state index in [0.717, 1.165) is 12.0 Å². The Morgan fingerprint density at radius 3 is 2.54 bits per heavy atom. The summed E-state index contributed by atoms with van der Waals surface area (Å²) in [5.74, 6) is 0.312. The molecular weight excluding hydrogens is 324 g/mol. The maximum Gasteiger partial charge on any atom is 0.257 e. The third-order valence-corrected chi connectivity index (χ3v) is 4.00. The average Bonchev–Trinajstić information content (AvgIpc) is 2.98. The number of rotatable bonds is 5. The number of carbonyl (C=O) groups excluding carboxylic acids is 1. The third kappa shape index (κ3) is 3.66. The number of nitrogens with zero attached hydrogens (tertiary/aromatic N) is 1. The van der Waals surface area contributed by atoms with E-state index >= 15 is 0 Å². The minimum Gasteiger partial charge on any atom is -0.360 e. The van der Waals surface area contributed by atoms with Crippen molar-refractivity contribution in [1.82, 2.24) is 10.5 Å². The van der Waals surface area contributed by atoms with Gasteiger partial charge in [-0.3, -0.25) is 4.79 Å². The zero-order valence-electron chi connectivity index (χ0n) is 13.3. The fourth-order valence-corrected chi connectivity index (χ4v) is 2.62. The van der Waals surface area contributed by atoms with E-state index in [2.05, 4.69) is 10.5 Å². The molecule has 4 nitrogen and oxygen atoms in total. The highest BCUT2D eigenvalue weighted by molar-refractivity contribution is 6.30. The Kier molecular flexibility index (Phi) is 4.96. The van der Waals surface area contributed by atoms with Crippen molar-refractivity contribution in [3.63, 3.8) is 0 Å². The molecule has 1 N–H and O–H groups in total. The first-order valence-corrected chi connectivity index (χ1v) is 8.07. The van der Waals surface area contributed by atoms with Crippen LogP contribution in [0.25, 0.3) is 11.3 Å². The van der Waals surface area contributed by atoms with Gasteiger partial charge in [-0.15, -0.1) is 0 Å². The van der Waals surface area contributed by atoms with Crippen LogP contribution in [0.5, 0.6) is 0 Å². The second-order valence-corrected chi connectivity index (χ2v) is 5.90. The summed E-state index contributed by atoms with van der Waals surface area (Å²) in [6.07, 6.45) is 0.771. The van der Waals surface area contributed by atoms with E-state index < -0.39 is 0 Å². The van der Waals surface area contributed by atoms with Crippen LogP contribution in [0.1, 0.15) is 21.7 Å². The number of hydrogen-bond donors (Lipinski definition) is 1. The summed E-state index contributed by atoms with van der Waals surface area (Å²) in [5.41, 5.74) is 2.97. The first-order chi connectivity index (χ1) is 11.6. The van der Waals surface area contributed by atoms with Crippen LogP contribution >= 0.6 is 11.6 Å². The van der Waals surface area contributed by atoms with Crippen LogP contribution < -0.4 is 5.32 Å². The molecule has 0 atom stereocenters. The molecule has 2 aromatic carbocycles. The molecule has 0 bridgehead atoms. The Labute approximate surface area is 145 Å².